The molecule has 2 aromatic carbocycles. The van der Waals surface area contributed by atoms with Crippen molar-refractivity contribution < 1.29 is 27.4 Å². The predicted octanol–water partition coefficient (Wildman–Crippen LogP) is 3.94. The monoisotopic (exact) mass is 542 g/mol. The van der Waals surface area contributed by atoms with Gasteiger partial charge < -0.3 is 14.2 Å². The van der Waals surface area contributed by atoms with Crippen molar-refractivity contribution in [3.8, 4) is 21.9 Å². The highest BCUT2D eigenvalue weighted by atomic mass is 32.2. The lowest BCUT2D eigenvalue weighted by molar-refractivity contribution is 0.0390. The van der Waals surface area contributed by atoms with Crippen molar-refractivity contribution in [2.24, 2.45) is 0 Å². The lowest BCUT2D eigenvalue weighted by atomic mass is 9.95. The average molecular weight is 543 g/mol. The van der Waals surface area contributed by atoms with Crippen LogP contribution in [0.1, 0.15) is 15.9 Å². The highest BCUT2D eigenvalue weighted by Gasteiger charge is 2.21. The normalized spacial score (nSPS) is 14.3. The van der Waals surface area contributed by atoms with Crippen molar-refractivity contribution in [3.63, 3.8) is 0 Å². The molecule has 0 aliphatic carbocycles. The summed E-state index contributed by atoms with van der Waals surface area (Å²) in [4.78, 5) is 16.5. The van der Waals surface area contributed by atoms with E-state index < -0.39 is 10.0 Å². The number of ketones is 1. The Balaban J connectivity index is 1.50. The Morgan fingerprint density at radius 1 is 1.08 bits per heavy atom. The minimum atomic E-state index is -3.70. The van der Waals surface area contributed by atoms with Gasteiger partial charge in [0, 0.05) is 59.4 Å². The number of thiophene rings is 1. The molecule has 4 rings (SSSR count). The first-order chi connectivity index (χ1) is 17.8. The topological polar surface area (TPSA) is 94.2 Å². The third kappa shape index (κ3) is 6.28. The maximum atomic E-state index is 13.3. The lowest BCUT2D eigenvalue weighted by Crippen LogP contribution is -2.41. The molecule has 1 N–H and O–H groups in total. The van der Waals surface area contributed by atoms with Gasteiger partial charge in [0.25, 0.3) is 0 Å². The molecule has 10 heteroatoms. The molecule has 8 nitrogen and oxygen atoms in total. The molecule has 1 aliphatic heterocycles. The molecule has 0 bridgehead atoms. The van der Waals surface area contributed by atoms with Crippen molar-refractivity contribution in [1.29, 1.82) is 0 Å². The third-order valence-electron chi connectivity index (χ3n) is 6.16. The molecule has 0 amide bonds. The number of sulfonamides is 1. The molecule has 0 unspecified atom stereocenters. The van der Waals surface area contributed by atoms with Crippen LogP contribution in [0, 0.1) is 0 Å². The first kappa shape index (κ1) is 27.0. The molecular formula is C27H30N2O6S2. The average Bonchev–Trinajstić information content (AvgIpc) is 3.47. The van der Waals surface area contributed by atoms with Crippen molar-refractivity contribution in [2.75, 3.05) is 53.6 Å². The fourth-order valence-corrected chi connectivity index (χ4v) is 5.86. The van der Waals surface area contributed by atoms with E-state index in [0.29, 0.717) is 48.9 Å². The van der Waals surface area contributed by atoms with Crippen LogP contribution in [0.15, 0.2) is 65.4 Å². The van der Waals surface area contributed by atoms with Crippen LogP contribution >= 0.6 is 11.3 Å². The van der Waals surface area contributed by atoms with Gasteiger partial charge in [-0.05, 0) is 41.8 Å². The molecule has 37 heavy (non-hydrogen) atoms. The van der Waals surface area contributed by atoms with Crippen LogP contribution in [0.3, 0.4) is 0 Å². The van der Waals surface area contributed by atoms with Crippen LogP contribution in [0.25, 0.3) is 16.0 Å². The second kappa shape index (κ2) is 12.0. The van der Waals surface area contributed by atoms with Crippen molar-refractivity contribution in [2.45, 2.75) is 4.90 Å². The Labute approximate surface area is 221 Å². The molecule has 196 valence electrons. The van der Waals surface area contributed by atoms with Gasteiger partial charge in [0.15, 0.2) is 5.78 Å². The second-order valence-corrected chi connectivity index (χ2v) is 11.1. The summed E-state index contributed by atoms with van der Waals surface area (Å²) in [6.07, 6.45) is 0. The number of hydrogen-bond acceptors (Lipinski definition) is 8. The summed E-state index contributed by atoms with van der Waals surface area (Å²) in [7, 11) is -0.597. The summed E-state index contributed by atoms with van der Waals surface area (Å²) >= 11 is 1.56. The number of benzene rings is 2. The zero-order valence-electron chi connectivity index (χ0n) is 20.9. The lowest BCUT2D eigenvalue weighted by Gasteiger charge is -2.26. The third-order valence-corrected chi connectivity index (χ3v) is 8.54. The predicted molar refractivity (Wildman–Crippen MR) is 145 cm³/mol. The first-order valence-corrected chi connectivity index (χ1v) is 14.1. The maximum Gasteiger partial charge on any atom is 0.240 e. The van der Waals surface area contributed by atoms with Crippen LogP contribution in [0.5, 0.6) is 11.5 Å². The molecule has 0 radical (unpaired) electrons. The largest absolute Gasteiger partial charge is 0.496 e. The fraction of sp³-hybridized carbons (Fsp3) is 0.296. The molecule has 3 aromatic rings. The van der Waals surface area contributed by atoms with E-state index >= 15 is 0 Å². The van der Waals surface area contributed by atoms with Gasteiger partial charge >= 0.3 is 0 Å². The van der Waals surface area contributed by atoms with Gasteiger partial charge in [0.1, 0.15) is 11.5 Å². The number of nitrogens with zero attached hydrogens (tertiary/aromatic N) is 1. The second-order valence-electron chi connectivity index (χ2n) is 8.41. The van der Waals surface area contributed by atoms with Crippen LogP contribution in [0.2, 0.25) is 0 Å². The Kier molecular flexibility index (Phi) is 8.78. The Morgan fingerprint density at radius 2 is 1.78 bits per heavy atom. The van der Waals surface area contributed by atoms with E-state index in [2.05, 4.69) is 16.2 Å². The minimum Gasteiger partial charge on any atom is -0.496 e. The Bertz CT molecular complexity index is 1350. The summed E-state index contributed by atoms with van der Waals surface area (Å²) in [5.41, 5.74) is 1.93. The highest BCUT2D eigenvalue weighted by Crippen LogP contribution is 2.40. The number of rotatable bonds is 11. The van der Waals surface area contributed by atoms with Gasteiger partial charge in [-0.2, -0.15) is 0 Å². The number of carbonyl (C=O) groups is 1. The number of methoxy groups -OCH3 is 2. The summed E-state index contributed by atoms with van der Waals surface area (Å²) in [5, 5.41) is 1.96. The van der Waals surface area contributed by atoms with E-state index in [1.165, 1.54) is 31.4 Å². The number of nitrogens with one attached hydrogen (secondary N) is 1. The van der Waals surface area contributed by atoms with Gasteiger partial charge in [0.2, 0.25) is 10.0 Å². The van der Waals surface area contributed by atoms with Crippen LogP contribution in [-0.2, 0) is 14.8 Å². The molecule has 1 aliphatic rings. The molecule has 0 atom stereocenters. The number of morpholine rings is 1. The van der Waals surface area contributed by atoms with Gasteiger partial charge in [-0.3, -0.25) is 9.69 Å². The van der Waals surface area contributed by atoms with E-state index in [1.54, 1.807) is 24.5 Å². The number of hydrogen-bond donors (Lipinski definition) is 1. The summed E-state index contributed by atoms with van der Waals surface area (Å²) in [6.45, 7) is 7.83. The van der Waals surface area contributed by atoms with E-state index in [4.69, 9.17) is 14.2 Å². The molecule has 1 saturated heterocycles. The van der Waals surface area contributed by atoms with Gasteiger partial charge in [-0.25, -0.2) is 13.1 Å². The van der Waals surface area contributed by atoms with Crippen LogP contribution in [0.4, 0.5) is 0 Å². The highest BCUT2D eigenvalue weighted by molar-refractivity contribution is 7.89. The quantitative estimate of drug-likeness (QED) is 0.290. The number of ether oxygens (including phenoxy) is 3. The molecule has 0 spiro atoms. The maximum absolute atomic E-state index is 13.3. The SMILES string of the molecule is C=C(C(=O)c1ccc(S(=O)(=O)NCCN2CCOCC2)cc1)c1cc(-c2cccs2)c(OC)cc1OC. The molecule has 1 fully saturated rings. The molecule has 0 saturated carbocycles. The summed E-state index contributed by atoms with van der Waals surface area (Å²) in [6, 6.07) is 13.3. The smallest absolute Gasteiger partial charge is 0.240 e. The summed E-state index contributed by atoms with van der Waals surface area (Å²) < 4.78 is 44.4. The number of allylic oxidation sites excluding steroid dienone is 1. The zero-order valence-corrected chi connectivity index (χ0v) is 22.5. The zero-order chi connectivity index (χ0) is 26.4. The van der Waals surface area contributed by atoms with Crippen molar-refractivity contribution in [3.05, 3.63) is 71.6 Å². The first-order valence-electron chi connectivity index (χ1n) is 11.8. The standard InChI is InChI=1S/C27H30N2O6S2/c1-19(22-17-23(26-5-4-16-36-26)25(34-3)18-24(22)33-2)27(30)20-6-8-21(9-7-20)37(31,32)28-10-11-29-12-14-35-15-13-29/h4-9,16-18,28H,1,10-15H2,2-3H3. The van der Waals surface area contributed by atoms with E-state index in [-0.39, 0.29) is 16.3 Å². The minimum absolute atomic E-state index is 0.0960. The number of Topliss-reactive ketones (excluding diaryl/α,β-unsaturated/α-hetero) is 1. The molecular weight excluding hydrogens is 512 g/mol. The van der Waals surface area contributed by atoms with Crippen LogP contribution < -0.4 is 14.2 Å². The fourth-order valence-electron chi connectivity index (χ4n) is 4.09. The van der Waals surface area contributed by atoms with E-state index in [0.717, 1.165) is 23.5 Å². The van der Waals surface area contributed by atoms with Gasteiger partial charge in [0.05, 0.1) is 32.3 Å². The number of carbonyl (C=O) groups excluding carboxylic acids is 1. The Morgan fingerprint density at radius 3 is 2.41 bits per heavy atom. The van der Waals surface area contributed by atoms with Crippen molar-refractivity contribution in [1.82, 2.24) is 9.62 Å². The van der Waals surface area contributed by atoms with Crippen molar-refractivity contribution >= 4 is 32.7 Å². The van der Waals surface area contributed by atoms with E-state index in [9.17, 15) is 13.2 Å². The molecule has 2 heterocycles. The Hall–Kier alpha value is -3.02. The van der Waals surface area contributed by atoms with E-state index in [1.807, 2.05) is 23.6 Å². The van der Waals surface area contributed by atoms with Gasteiger partial charge in [-0.1, -0.05) is 12.6 Å². The molecule has 1 aromatic heterocycles. The van der Waals surface area contributed by atoms with Crippen LogP contribution in [-0.4, -0.2) is 72.7 Å². The van der Waals surface area contributed by atoms with Gasteiger partial charge in [-0.15, -0.1) is 11.3 Å². The summed E-state index contributed by atoms with van der Waals surface area (Å²) in [5.74, 6) is 0.753.